The van der Waals surface area contributed by atoms with E-state index in [1.807, 2.05) is 19.3 Å². The predicted octanol–water partition coefficient (Wildman–Crippen LogP) is 4.17. The minimum atomic E-state index is -0.0434. The Kier molecular flexibility index (Phi) is 5.00. The molecular formula is C21H22N4O2. The number of H-pyrrole nitrogens is 1. The van der Waals surface area contributed by atoms with Crippen molar-refractivity contribution >= 4 is 11.0 Å². The van der Waals surface area contributed by atoms with Crippen LogP contribution in [0.1, 0.15) is 30.0 Å². The van der Waals surface area contributed by atoms with Crippen LogP contribution in [0.25, 0.3) is 16.7 Å². The van der Waals surface area contributed by atoms with Gasteiger partial charge in [-0.1, -0.05) is 18.2 Å². The van der Waals surface area contributed by atoms with Crippen molar-refractivity contribution in [3.05, 3.63) is 78.1 Å². The van der Waals surface area contributed by atoms with Crippen molar-refractivity contribution in [1.29, 1.82) is 0 Å². The Bertz CT molecular complexity index is 1020. The molecule has 0 saturated carbocycles. The third-order valence-electron chi connectivity index (χ3n) is 4.57. The molecule has 0 fully saturated rings. The predicted molar refractivity (Wildman–Crippen MR) is 104 cm³/mol. The van der Waals surface area contributed by atoms with Gasteiger partial charge in [-0.25, -0.2) is 9.97 Å². The topological polar surface area (TPSA) is 65.0 Å². The van der Waals surface area contributed by atoms with Gasteiger partial charge in [-0.15, -0.1) is 0 Å². The number of aromatic nitrogens is 4. The van der Waals surface area contributed by atoms with Gasteiger partial charge in [0, 0.05) is 25.2 Å². The van der Waals surface area contributed by atoms with Crippen LogP contribution < -0.4 is 0 Å². The van der Waals surface area contributed by atoms with Crippen molar-refractivity contribution < 1.29 is 9.47 Å². The number of benzene rings is 2. The Labute approximate surface area is 157 Å². The van der Waals surface area contributed by atoms with Crippen molar-refractivity contribution in [2.24, 2.45) is 0 Å². The molecule has 0 bridgehead atoms. The van der Waals surface area contributed by atoms with Gasteiger partial charge in [0.25, 0.3) is 0 Å². The largest absolute Gasteiger partial charge is 0.380 e. The highest BCUT2D eigenvalue weighted by molar-refractivity contribution is 5.78. The molecule has 0 aliphatic carbocycles. The van der Waals surface area contributed by atoms with E-state index in [0.29, 0.717) is 13.2 Å². The van der Waals surface area contributed by atoms with E-state index in [4.69, 9.17) is 9.47 Å². The Hall–Kier alpha value is -2.96. The Morgan fingerprint density at radius 3 is 2.85 bits per heavy atom. The number of methoxy groups -OCH3 is 1. The minimum Gasteiger partial charge on any atom is -0.380 e. The summed E-state index contributed by atoms with van der Waals surface area (Å²) in [5, 5.41) is 0. The minimum absolute atomic E-state index is 0.0434. The molecule has 1 N–H and O–H groups in total. The summed E-state index contributed by atoms with van der Waals surface area (Å²) in [5.74, 6) is 0.825. The van der Waals surface area contributed by atoms with Gasteiger partial charge in [0.15, 0.2) is 0 Å². The molecule has 6 nitrogen and oxygen atoms in total. The van der Waals surface area contributed by atoms with Gasteiger partial charge < -0.3 is 14.5 Å². The summed E-state index contributed by atoms with van der Waals surface area (Å²) in [4.78, 5) is 11.8. The number of aromatic amines is 1. The van der Waals surface area contributed by atoms with E-state index in [2.05, 4.69) is 55.9 Å². The SMILES string of the molecule is COCc1ccc2c(c1)ncn2-c1cccc(C(C)OCc2ncc[nH]2)c1. The molecule has 2 aromatic heterocycles. The first kappa shape index (κ1) is 17.5. The van der Waals surface area contributed by atoms with E-state index in [9.17, 15) is 0 Å². The lowest BCUT2D eigenvalue weighted by Gasteiger charge is -2.14. The van der Waals surface area contributed by atoms with Crippen LogP contribution in [-0.4, -0.2) is 26.6 Å². The highest BCUT2D eigenvalue weighted by Gasteiger charge is 2.10. The van der Waals surface area contributed by atoms with Gasteiger partial charge in [0.1, 0.15) is 18.8 Å². The summed E-state index contributed by atoms with van der Waals surface area (Å²) in [6.07, 6.45) is 5.34. The maximum atomic E-state index is 5.94. The highest BCUT2D eigenvalue weighted by atomic mass is 16.5. The number of nitrogens with one attached hydrogen (secondary N) is 1. The maximum Gasteiger partial charge on any atom is 0.132 e. The van der Waals surface area contributed by atoms with Crippen LogP contribution in [0, 0.1) is 0 Å². The molecule has 1 unspecified atom stereocenters. The fourth-order valence-electron chi connectivity index (χ4n) is 3.13. The fraction of sp³-hybridized carbons (Fsp3) is 0.238. The molecule has 138 valence electrons. The van der Waals surface area contributed by atoms with Crippen LogP contribution in [-0.2, 0) is 22.7 Å². The first-order chi connectivity index (χ1) is 13.2. The Balaban J connectivity index is 1.57. The highest BCUT2D eigenvalue weighted by Crippen LogP contribution is 2.24. The maximum absolute atomic E-state index is 5.94. The number of imidazole rings is 2. The Morgan fingerprint density at radius 1 is 1.11 bits per heavy atom. The van der Waals surface area contributed by atoms with Gasteiger partial charge in [-0.05, 0) is 42.3 Å². The first-order valence-corrected chi connectivity index (χ1v) is 8.89. The summed E-state index contributed by atoms with van der Waals surface area (Å²) < 4.78 is 13.2. The van der Waals surface area contributed by atoms with Crippen molar-refractivity contribution in [2.45, 2.75) is 26.2 Å². The second-order valence-corrected chi connectivity index (χ2v) is 6.45. The molecule has 0 aliphatic rings. The van der Waals surface area contributed by atoms with E-state index in [0.717, 1.165) is 33.7 Å². The van der Waals surface area contributed by atoms with Crippen LogP contribution in [0.2, 0.25) is 0 Å². The number of ether oxygens (including phenoxy) is 2. The molecular weight excluding hydrogens is 340 g/mol. The number of rotatable bonds is 7. The molecule has 0 saturated heterocycles. The molecule has 1 atom stereocenters. The van der Waals surface area contributed by atoms with E-state index in [-0.39, 0.29) is 6.10 Å². The zero-order valence-electron chi connectivity index (χ0n) is 15.4. The monoisotopic (exact) mass is 362 g/mol. The van der Waals surface area contributed by atoms with E-state index < -0.39 is 0 Å². The van der Waals surface area contributed by atoms with Gasteiger partial charge in [-0.2, -0.15) is 0 Å². The smallest absolute Gasteiger partial charge is 0.132 e. The molecule has 0 amide bonds. The third kappa shape index (κ3) is 3.77. The second-order valence-electron chi connectivity index (χ2n) is 6.45. The average molecular weight is 362 g/mol. The third-order valence-corrected chi connectivity index (χ3v) is 4.57. The lowest BCUT2D eigenvalue weighted by molar-refractivity contribution is 0.0487. The van der Waals surface area contributed by atoms with Crippen LogP contribution in [0.5, 0.6) is 0 Å². The summed E-state index contributed by atoms with van der Waals surface area (Å²) in [7, 11) is 1.70. The quantitative estimate of drug-likeness (QED) is 0.536. The van der Waals surface area contributed by atoms with Crippen molar-refractivity contribution in [2.75, 3.05) is 7.11 Å². The molecule has 4 rings (SSSR count). The number of hydrogen-bond acceptors (Lipinski definition) is 4. The molecule has 0 spiro atoms. The van der Waals surface area contributed by atoms with Crippen molar-refractivity contribution in [3.8, 4) is 5.69 Å². The van der Waals surface area contributed by atoms with Crippen molar-refractivity contribution in [3.63, 3.8) is 0 Å². The molecule has 27 heavy (non-hydrogen) atoms. The number of nitrogens with zero attached hydrogens (tertiary/aromatic N) is 3. The van der Waals surface area contributed by atoms with Crippen molar-refractivity contribution in [1.82, 2.24) is 19.5 Å². The van der Waals surface area contributed by atoms with Crippen LogP contribution in [0.3, 0.4) is 0 Å². The van der Waals surface area contributed by atoms with Gasteiger partial charge >= 0.3 is 0 Å². The first-order valence-electron chi connectivity index (χ1n) is 8.89. The molecule has 4 aromatic rings. The standard InChI is InChI=1S/C21H22N4O2/c1-15(27-13-21-22-8-9-23-21)17-4-3-5-18(11-17)25-14-24-19-10-16(12-26-2)6-7-20(19)25/h3-11,14-15H,12-13H2,1-2H3,(H,22,23). The van der Waals surface area contributed by atoms with Gasteiger partial charge in [0.2, 0.25) is 0 Å². The average Bonchev–Trinajstić information content (AvgIpc) is 3.36. The summed E-state index contributed by atoms with van der Waals surface area (Å²) in [5.41, 5.74) is 5.30. The van der Waals surface area contributed by atoms with E-state index >= 15 is 0 Å². The summed E-state index contributed by atoms with van der Waals surface area (Å²) >= 11 is 0. The van der Waals surface area contributed by atoms with E-state index in [1.165, 1.54) is 0 Å². The summed E-state index contributed by atoms with van der Waals surface area (Å²) in [6.45, 7) is 3.09. The lowest BCUT2D eigenvalue weighted by atomic mass is 10.1. The number of hydrogen-bond donors (Lipinski definition) is 1. The van der Waals surface area contributed by atoms with Gasteiger partial charge in [-0.3, -0.25) is 4.57 Å². The lowest BCUT2D eigenvalue weighted by Crippen LogP contribution is -2.03. The van der Waals surface area contributed by atoms with Crippen LogP contribution in [0.15, 0.2) is 61.2 Å². The summed E-state index contributed by atoms with van der Waals surface area (Å²) in [6, 6.07) is 14.6. The molecule has 0 aliphatic heterocycles. The zero-order chi connectivity index (χ0) is 18.6. The van der Waals surface area contributed by atoms with E-state index in [1.54, 1.807) is 19.5 Å². The second kappa shape index (κ2) is 7.73. The molecule has 2 heterocycles. The molecule has 2 aromatic carbocycles. The number of fused-ring (bicyclic) bond motifs is 1. The molecule has 0 radical (unpaired) electrons. The van der Waals surface area contributed by atoms with Gasteiger partial charge in [0.05, 0.1) is 23.7 Å². The molecule has 6 heteroatoms. The fourth-order valence-corrected chi connectivity index (χ4v) is 3.13. The Morgan fingerprint density at radius 2 is 2.04 bits per heavy atom. The normalized spacial score (nSPS) is 12.5. The van der Waals surface area contributed by atoms with Crippen LogP contribution >= 0.6 is 0 Å². The van der Waals surface area contributed by atoms with Crippen LogP contribution in [0.4, 0.5) is 0 Å². The zero-order valence-corrected chi connectivity index (χ0v) is 15.4.